The van der Waals surface area contributed by atoms with Gasteiger partial charge in [-0.15, -0.1) is 0 Å². The zero-order valence-electron chi connectivity index (χ0n) is 17.7. The molecule has 0 aromatic carbocycles. The lowest BCUT2D eigenvalue weighted by atomic mass is 9.93. The number of hydrogen-bond donors (Lipinski definition) is 2. The van der Waals surface area contributed by atoms with Crippen molar-refractivity contribution >= 4 is 17.7 Å². The van der Waals surface area contributed by atoms with Gasteiger partial charge in [0, 0.05) is 5.82 Å². The summed E-state index contributed by atoms with van der Waals surface area (Å²) in [6.07, 6.45) is 10.9. The summed E-state index contributed by atoms with van der Waals surface area (Å²) in [5.74, 6) is 1.28. The number of hydrogen-bond acceptors (Lipinski definition) is 4. The molecular formula is C20H37O6PS. The van der Waals surface area contributed by atoms with Gasteiger partial charge in [-0.05, 0) is 51.9 Å². The molecule has 164 valence electrons. The molecule has 0 aliphatic rings. The van der Waals surface area contributed by atoms with E-state index >= 15 is 0 Å². The van der Waals surface area contributed by atoms with E-state index in [1.165, 1.54) is 23.8 Å². The molecule has 0 rings (SSSR count). The molecule has 0 saturated carbocycles. The van der Waals surface area contributed by atoms with E-state index in [0.717, 1.165) is 31.5 Å². The van der Waals surface area contributed by atoms with Crippen molar-refractivity contribution in [3.63, 3.8) is 0 Å². The van der Waals surface area contributed by atoms with Gasteiger partial charge in [0.2, 0.25) is 0 Å². The van der Waals surface area contributed by atoms with Gasteiger partial charge in [0.05, 0.1) is 6.61 Å². The molecule has 4 unspecified atom stereocenters. The molecule has 0 aromatic rings. The quantitative estimate of drug-likeness (QED) is 0.156. The number of rotatable bonds is 14. The fourth-order valence-electron chi connectivity index (χ4n) is 2.90. The zero-order chi connectivity index (χ0) is 21.8. The largest absolute Gasteiger partial charge is 0.351 e. The first-order chi connectivity index (χ1) is 12.9. The molecule has 28 heavy (non-hydrogen) atoms. The van der Waals surface area contributed by atoms with Crippen LogP contribution in [-0.2, 0) is 19.2 Å². The molecular weight excluding hydrogens is 399 g/mol. The Labute approximate surface area is 171 Å². The van der Waals surface area contributed by atoms with Gasteiger partial charge in [0.15, 0.2) is 0 Å². The van der Waals surface area contributed by atoms with E-state index in [9.17, 15) is 22.4 Å². The highest BCUT2D eigenvalue weighted by molar-refractivity contribution is 7.86. The van der Waals surface area contributed by atoms with Crippen molar-refractivity contribution in [1.29, 1.82) is 0 Å². The molecule has 0 amide bonds. The SMILES string of the molecule is CCOP(=O)(O)C=CC=CC(C(C)CCCC(C)CCC=C(C)C)S(=O)(=O)O. The van der Waals surface area contributed by atoms with Crippen LogP contribution in [0, 0.1) is 11.8 Å². The molecule has 6 nitrogen and oxygen atoms in total. The lowest BCUT2D eigenvalue weighted by Crippen LogP contribution is -2.25. The van der Waals surface area contributed by atoms with Crippen LogP contribution in [0.25, 0.3) is 0 Å². The van der Waals surface area contributed by atoms with Crippen molar-refractivity contribution < 1.29 is 27.0 Å². The van der Waals surface area contributed by atoms with Crippen LogP contribution in [0.1, 0.15) is 66.7 Å². The maximum absolute atomic E-state index is 11.7. The van der Waals surface area contributed by atoms with Crippen LogP contribution in [0.15, 0.2) is 35.7 Å². The van der Waals surface area contributed by atoms with Crippen LogP contribution < -0.4 is 0 Å². The first-order valence-corrected chi connectivity index (χ1v) is 13.0. The minimum absolute atomic E-state index is 0.0965. The fraction of sp³-hybridized carbons (Fsp3) is 0.700. The molecule has 0 heterocycles. The van der Waals surface area contributed by atoms with Gasteiger partial charge in [0.25, 0.3) is 10.1 Å². The smallest absolute Gasteiger partial charge is 0.321 e. The fourth-order valence-corrected chi connectivity index (χ4v) is 4.68. The minimum atomic E-state index is -4.26. The summed E-state index contributed by atoms with van der Waals surface area (Å²) in [5, 5.41) is -1.05. The summed E-state index contributed by atoms with van der Waals surface area (Å²) in [4.78, 5) is 9.45. The Morgan fingerprint density at radius 2 is 1.79 bits per heavy atom. The topological polar surface area (TPSA) is 101 Å². The summed E-state index contributed by atoms with van der Waals surface area (Å²) >= 11 is 0. The number of allylic oxidation sites excluding steroid dienone is 4. The second-order valence-electron chi connectivity index (χ2n) is 7.56. The lowest BCUT2D eigenvalue weighted by molar-refractivity contribution is 0.283. The first kappa shape index (κ1) is 27.3. The molecule has 8 heteroatoms. The van der Waals surface area contributed by atoms with E-state index in [1.807, 2.05) is 0 Å². The van der Waals surface area contributed by atoms with Crippen LogP contribution >= 0.6 is 7.60 Å². The maximum Gasteiger partial charge on any atom is 0.351 e. The molecule has 0 radical (unpaired) electrons. The molecule has 0 aromatic heterocycles. The van der Waals surface area contributed by atoms with Crippen LogP contribution in [-0.4, -0.2) is 29.7 Å². The Morgan fingerprint density at radius 1 is 1.14 bits per heavy atom. The molecule has 0 aliphatic heterocycles. The van der Waals surface area contributed by atoms with Crippen LogP contribution in [0.4, 0.5) is 0 Å². The second-order valence-corrected chi connectivity index (χ2v) is 10.8. The Hall–Kier alpha value is -0.720. The third-order valence-electron chi connectivity index (χ3n) is 4.47. The average molecular weight is 437 g/mol. The Kier molecular flexibility index (Phi) is 13.1. The van der Waals surface area contributed by atoms with Crippen LogP contribution in [0.5, 0.6) is 0 Å². The van der Waals surface area contributed by atoms with Crippen molar-refractivity contribution in [3.8, 4) is 0 Å². The van der Waals surface area contributed by atoms with Gasteiger partial charge >= 0.3 is 7.60 Å². The van der Waals surface area contributed by atoms with E-state index in [2.05, 4.69) is 31.4 Å². The molecule has 0 spiro atoms. The summed E-state index contributed by atoms with van der Waals surface area (Å²) in [6.45, 7) is 9.85. The molecule has 4 atom stereocenters. The Bertz CT molecular complexity index is 677. The predicted molar refractivity (Wildman–Crippen MR) is 116 cm³/mol. The van der Waals surface area contributed by atoms with Gasteiger partial charge in [-0.1, -0.05) is 56.6 Å². The average Bonchev–Trinajstić information content (AvgIpc) is 2.52. The summed E-state index contributed by atoms with van der Waals surface area (Å²) < 4.78 is 49.2. The molecule has 2 N–H and O–H groups in total. The highest BCUT2D eigenvalue weighted by Gasteiger charge is 2.26. The summed E-state index contributed by atoms with van der Waals surface area (Å²) in [5.41, 5.74) is 1.32. The van der Waals surface area contributed by atoms with Crippen LogP contribution in [0.2, 0.25) is 0 Å². The normalized spacial score (nSPS) is 18.1. The van der Waals surface area contributed by atoms with Gasteiger partial charge in [-0.25, -0.2) is 0 Å². The zero-order valence-corrected chi connectivity index (χ0v) is 19.5. The van der Waals surface area contributed by atoms with Crippen molar-refractivity contribution in [2.45, 2.75) is 72.0 Å². The van der Waals surface area contributed by atoms with Crippen LogP contribution in [0.3, 0.4) is 0 Å². The van der Waals surface area contributed by atoms with Gasteiger partial charge in [-0.2, -0.15) is 8.42 Å². The van der Waals surface area contributed by atoms with E-state index in [4.69, 9.17) is 0 Å². The van der Waals surface area contributed by atoms with Crippen molar-refractivity contribution in [2.24, 2.45) is 11.8 Å². The van der Waals surface area contributed by atoms with Gasteiger partial charge < -0.3 is 9.42 Å². The summed E-state index contributed by atoms with van der Waals surface area (Å²) in [7, 11) is -8.07. The summed E-state index contributed by atoms with van der Waals surface area (Å²) in [6, 6.07) is 0. The molecule has 0 bridgehead atoms. The maximum atomic E-state index is 11.7. The predicted octanol–water partition coefficient (Wildman–Crippen LogP) is 5.72. The minimum Gasteiger partial charge on any atom is -0.321 e. The van der Waals surface area contributed by atoms with Crippen molar-refractivity contribution in [1.82, 2.24) is 0 Å². The third kappa shape index (κ3) is 13.5. The Morgan fingerprint density at radius 3 is 2.32 bits per heavy atom. The van der Waals surface area contributed by atoms with E-state index in [-0.39, 0.29) is 12.5 Å². The standard InChI is InChI=1S/C20H37O6PS/c1-6-26-27(21,22)16-8-7-15-20(28(23,24)25)19(5)14-10-13-18(4)12-9-11-17(2)3/h7-8,11,15-16,18-20H,6,9-10,12-14H2,1-5H3,(H,21,22)(H,23,24,25). The second kappa shape index (κ2) is 13.5. The van der Waals surface area contributed by atoms with E-state index < -0.39 is 23.0 Å². The highest BCUT2D eigenvalue weighted by Crippen LogP contribution is 2.43. The Balaban J connectivity index is 4.70. The van der Waals surface area contributed by atoms with Gasteiger partial charge in [-0.3, -0.25) is 9.12 Å². The van der Waals surface area contributed by atoms with Gasteiger partial charge in [0.1, 0.15) is 5.25 Å². The van der Waals surface area contributed by atoms with Crippen molar-refractivity contribution in [3.05, 3.63) is 35.7 Å². The highest BCUT2D eigenvalue weighted by atomic mass is 32.2. The molecule has 0 fully saturated rings. The van der Waals surface area contributed by atoms with Crippen molar-refractivity contribution in [2.75, 3.05) is 6.61 Å². The third-order valence-corrected chi connectivity index (χ3v) is 6.96. The monoisotopic (exact) mass is 436 g/mol. The van der Waals surface area contributed by atoms with E-state index in [1.54, 1.807) is 13.8 Å². The first-order valence-electron chi connectivity index (χ1n) is 9.81. The van der Waals surface area contributed by atoms with E-state index in [0.29, 0.717) is 12.3 Å². The molecule has 0 aliphatic carbocycles. The molecule has 0 saturated heterocycles. The lowest BCUT2D eigenvalue weighted by Gasteiger charge is -2.19.